The van der Waals surface area contributed by atoms with E-state index in [0.717, 1.165) is 37.7 Å². The van der Waals surface area contributed by atoms with Gasteiger partial charge in [-0.25, -0.2) is 9.34 Å². The molecule has 0 saturated carbocycles. The number of rotatable bonds is 6. The molecule has 0 aromatic heterocycles. The summed E-state index contributed by atoms with van der Waals surface area (Å²) in [5.41, 5.74) is 2.51. The molecule has 4 saturated heterocycles. The Labute approximate surface area is 216 Å². The number of hydrogen-bond donors (Lipinski definition) is 0. The van der Waals surface area contributed by atoms with Crippen LogP contribution in [-0.4, -0.2) is 47.6 Å². The SMILES string of the molecule is c1ccc(N2C[C@@H]3CCCN3[P@]2Oc2ccc(O[P@@]3N(c4ccccc4)C[C@@H]4CCCN43)cc2)cc1. The van der Waals surface area contributed by atoms with Crippen molar-refractivity contribution in [2.75, 3.05) is 35.5 Å². The molecule has 0 N–H and O–H groups in total. The van der Waals surface area contributed by atoms with Crippen LogP contribution in [-0.2, 0) is 0 Å². The van der Waals surface area contributed by atoms with Crippen LogP contribution >= 0.6 is 16.9 Å². The second-order valence-corrected chi connectivity index (χ2v) is 13.3. The summed E-state index contributed by atoms with van der Waals surface area (Å²) < 4.78 is 23.5. The third kappa shape index (κ3) is 4.25. The van der Waals surface area contributed by atoms with Crippen molar-refractivity contribution in [3.8, 4) is 11.5 Å². The van der Waals surface area contributed by atoms with Crippen molar-refractivity contribution in [1.29, 1.82) is 0 Å². The van der Waals surface area contributed by atoms with Crippen LogP contribution in [0, 0.1) is 0 Å². The van der Waals surface area contributed by atoms with Gasteiger partial charge in [0, 0.05) is 49.6 Å². The van der Waals surface area contributed by atoms with Gasteiger partial charge in [0.05, 0.1) is 0 Å². The molecule has 4 atom stereocenters. The Morgan fingerprint density at radius 2 is 0.972 bits per heavy atom. The van der Waals surface area contributed by atoms with E-state index in [-0.39, 0.29) is 0 Å². The summed E-state index contributed by atoms with van der Waals surface area (Å²) in [7, 11) is -1.71. The van der Waals surface area contributed by atoms with E-state index in [0.29, 0.717) is 12.1 Å². The standard InChI is InChI=1S/C28H32N4O2P2/c1-3-9-23(10-4-1)31-21-25-13-7-19-29(25)35(31)33-27-15-17-28(18-16-27)34-36-30-20-8-14-26(30)22-32(36)24-11-5-2-6-12-24/h1-6,9-12,15-18,25-26H,7-8,13-14,19-22H2/t25-,26-,35-,36+/m0/s1. The monoisotopic (exact) mass is 518 g/mol. The molecule has 0 bridgehead atoms. The van der Waals surface area contributed by atoms with Gasteiger partial charge >= 0.3 is 0 Å². The van der Waals surface area contributed by atoms with Crippen LogP contribution in [0.25, 0.3) is 0 Å². The lowest BCUT2D eigenvalue weighted by Gasteiger charge is -2.30. The third-order valence-corrected chi connectivity index (χ3v) is 11.9. The van der Waals surface area contributed by atoms with E-state index in [1.165, 1.54) is 37.1 Å². The maximum Gasteiger partial charge on any atom is 0.279 e. The molecular weight excluding hydrogens is 486 g/mol. The summed E-state index contributed by atoms with van der Waals surface area (Å²) in [6.45, 7) is 4.34. The number of fused-ring (bicyclic) bond motifs is 2. The molecule has 0 amide bonds. The van der Waals surface area contributed by atoms with Gasteiger partial charge in [0.1, 0.15) is 11.5 Å². The predicted molar refractivity (Wildman–Crippen MR) is 149 cm³/mol. The summed E-state index contributed by atoms with van der Waals surface area (Å²) in [5, 5.41) is 0. The Hall–Kier alpha value is -2.36. The largest absolute Gasteiger partial charge is 0.440 e. The fourth-order valence-corrected chi connectivity index (χ4v) is 10.3. The molecule has 4 aliphatic heterocycles. The molecule has 3 aromatic carbocycles. The van der Waals surface area contributed by atoms with E-state index in [4.69, 9.17) is 9.05 Å². The normalized spacial score (nSPS) is 27.9. The van der Waals surface area contributed by atoms with Gasteiger partial charge in [0.2, 0.25) is 0 Å². The summed E-state index contributed by atoms with van der Waals surface area (Å²) in [6, 6.07) is 31.0. The fourth-order valence-electron chi connectivity index (χ4n) is 5.84. The van der Waals surface area contributed by atoms with Gasteiger partial charge in [0.25, 0.3) is 16.9 Å². The van der Waals surface area contributed by atoms with Gasteiger partial charge in [-0.1, -0.05) is 36.4 Å². The van der Waals surface area contributed by atoms with Gasteiger partial charge in [-0.3, -0.25) is 0 Å². The zero-order valence-electron chi connectivity index (χ0n) is 20.4. The van der Waals surface area contributed by atoms with Crippen LogP contribution < -0.4 is 18.4 Å². The first-order valence-corrected chi connectivity index (χ1v) is 15.4. The Bertz CT molecular complexity index is 1080. The van der Waals surface area contributed by atoms with E-state index in [1.54, 1.807) is 0 Å². The van der Waals surface area contributed by atoms with E-state index >= 15 is 0 Å². The second kappa shape index (κ2) is 9.84. The van der Waals surface area contributed by atoms with E-state index < -0.39 is 16.9 Å². The Balaban J connectivity index is 1.08. The zero-order chi connectivity index (χ0) is 23.9. The highest BCUT2D eigenvalue weighted by Crippen LogP contribution is 2.58. The smallest absolute Gasteiger partial charge is 0.279 e. The van der Waals surface area contributed by atoms with Crippen molar-refractivity contribution in [2.24, 2.45) is 0 Å². The van der Waals surface area contributed by atoms with Crippen molar-refractivity contribution < 1.29 is 9.05 Å². The molecule has 0 aliphatic carbocycles. The molecule has 3 aromatic rings. The first-order chi connectivity index (χ1) is 17.8. The maximum absolute atomic E-state index is 6.69. The Morgan fingerprint density at radius 3 is 1.39 bits per heavy atom. The van der Waals surface area contributed by atoms with Crippen LogP contribution in [0.1, 0.15) is 25.7 Å². The van der Waals surface area contributed by atoms with Gasteiger partial charge in [-0.15, -0.1) is 0 Å². The minimum absolute atomic E-state index is 0.599. The van der Waals surface area contributed by atoms with Gasteiger partial charge in [0.15, 0.2) is 0 Å². The zero-order valence-corrected chi connectivity index (χ0v) is 22.2. The van der Waals surface area contributed by atoms with Crippen LogP contribution in [0.4, 0.5) is 11.4 Å². The number of anilines is 2. The highest BCUT2D eigenvalue weighted by molar-refractivity contribution is 7.53. The summed E-state index contributed by atoms with van der Waals surface area (Å²) in [4.78, 5) is 0. The number of nitrogens with zero attached hydrogens (tertiary/aromatic N) is 4. The van der Waals surface area contributed by atoms with Crippen molar-refractivity contribution in [3.63, 3.8) is 0 Å². The highest BCUT2D eigenvalue weighted by atomic mass is 31.2. The highest BCUT2D eigenvalue weighted by Gasteiger charge is 2.46. The third-order valence-electron chi connectivity index (χ3n) is 7.62. The summed E-state index contributed by atoms with van der Waals surface area (Å²) in [5.74, 6) is 1.83. The number of benzene rings is 3. The van der Waals surface area contributed by atoms with Crippen molar-refractivity contribution >= 4 is 28.3 Å². The van der Waals surface area contributed by atoms with Crippen molar-refractivity contribution in [2.45, 2.75) is 37.8 Å². The molecule has 4 fully saturated rings. The quantitative estimate of drug-likeness (QED) is 0.331. The minimum Gasteiger partial charge on any atom is -0.440 e. The Kier molecular flexibility index (Phi) is 6.23. The molecular formula is C28H32N4O2P2. The van der Waals surface area contributed by atoms with Gasteiger partial charge in [-0.2, -0.15) is 0 Å². The molecule has 186 valence electrons. The fraction of sp³-hybridized carbons (Fsp3) is 0.357. The lowest BCUT2D eigenvalue weighted by atomic mass is 10.2. The molecule has 0 unspecified atom stereocenters. The molecule has 0 radical (unpaired) electrons. The van der Waals surface area contributed by atoms with E-state index in [1.807, 2.05) is 0 Å². The van der Waals surface area contributed by atoms with Gasteiger partial charge < -0.3 is 18.4 Å². The average Bonchev–Trinajstić information content (AvgIpc) is 3.70. The van der Waals surface area contributed by atoms with Crippen molar-refractivity contribution in [3.05, 3.63) is 84.9 Å². The van der Waals surface area contributed by atoms with Gasteiger partial charge in [-0.05, 0) is 74.2 Å². The summed E-state index contributed by atoms with van der Waals surface area (Å²) in [6.07, 6.45) is 5.05. The first-order valence-electron chi connectivity index (χ1n) is 13.1. The Morgan fingerprint density at radius 1 is 0.556 bits per heavy atom. The lowest BCUT2D eigenvalue weighted by molar-refractivity contribution is 0.429. The summed E-state index contributed by atoms with van der Waals surface area (Å²) >= 11 is 0. The molecule has 7 rings (SSSR count). The predicted octanol–water partition coefficient (Wildman–Crippen LogP) is 6.87. The molecule has 8 heteroatoms. The topological polar surface area (TPSA) is 31.4 Å². The number of hydrogen-bond acceptors (Lipinski definition) is 6. The molecule has 36 heavy (non-hydrogen) atoms. The first kappa shape index (κ1) is 22.8. The second-order valence-electron chi connectivity index (χ2n) is 9.91. The molecule has 4 heterocycles. The minimum atomic E-state index is -0.856. The van der Waals surface area contributed by atoms with Crippen molar-refractivity contribution in [1.82, 2.24) is 9.34 Å². The van der Waals surface area contributed by atoms with E-state index in [9.17, 15) is 0 Å². The molecule has 0 spiro atoms. The van der Waals surface area contributed by atoms with Crippen LogP contribution in [0.3, 0.4) is 0 Å². The van der Waals surface area contributed by atoms with Crippen LogP contribution in [0.5, 0.6) is 11.5 Å². The number of para-hydroxylation sites is 2. The van der Waals surface area contributed by atoms with Crippen LogP contribution in [0.2, 0.25) is 0 Å². The maximum atomic E-state index is 6.69. The average molecular weight is 519 g/mol. The van der Waals surface area contributed by atoms with Crippen LogP contribution in [0.15, 0.2) is 84.9 Å². The lowest BCUT2D eigenvalue weighted by Crippen LogP contribution is -2.20. The molecule has 6 nitrogen and oxygen atoms in total. The van der Waals surface area contributed by atoms with E-state index in [2.05, 4.69) is 104 Å². The molecule has 4 aliphatic rings.